The molecule has 170 valence electrons. The van der Waals surface area contributed by atoms with Gasteiger partial charge in [0.2, 0.25) is 0 Å². The fourth-order valence-corrected chi connectivity index (χ4v) is 4.09. The first-order valence-electron chi connectivity index (χ1n) is 10.8. The van der Waals surface area contributed by atoms with Crippen LogP contribution in [-0.4, -0.2) is 54.8 Å². The molecule has 10 heteroatoms. The van der Waals surface area contributed by atoms with Gasteiger partial charge < -0.3 is 15.1 Å². The highest BCUT2D eigenvalue weighted by molar-refractivity contribution is 7.98. The van der Waals surface area contributed by atoms with Gasteiger partial charge in [0.05, 0.1) is 24.4 Å². The predicted octanol–water partition coefficient (Wildman–Crippen LogP) is 3.68. The Hall–Kier alpha value is -3.37. The number of pyridine rings is 1. The van der Waals surface area contributed by atoms with Crippen molar-refractivity contribution in [3.63, 3.8) is 0 Å². The lowest BCUT2D eigenvalue weighted by Gasteiger charge is -2.10. The molecule has 0 radical (unpaired) electrons. The number of fused-ring (bicyclic) bond motifs is 2. The number of rotatable bonds is 9. The van der Waals surface area contributed by atoms with E-state index in [2.05, 4.69) is 39.0 Å². The Morgan fingerprint density at radius 1 is 1.06 bits per heavy atom. The van der Waals surface area contributed by atoms with Crippen molar-refractivity contribution in [3.05, 3.63) is 66.1 Å². The van der Waals surface area contributed by atoms with Gasteiger partial charge in [-0.2, -0.15) is 16.9 Å². The average Bonchev–Trinajstić information content (AvgIpc) is 3.58. The molecule has 0 fully saturated rings. The van der Waals surface area contributed by atoms with Crippen LogP contribution in [0.3, 0.4) is 0 Å². The summed E-state index contributed by atoms with van der Waals surface area (Å²) in [7, 11) is 1.84. The second-order valence-electron chi connectivity index (χ2n) is 7.80. The van der Waals surface area contributed by atoms with Crippen LogP contribution in [0.15, 0.2) is 53.2 Å². The van der Waals surface area contributed by atoms with Crippen molar-refractivity contribution in [2.45, 2.75) is 19.4 Å². The molecule has 1 atom stereocenters. The lowest BCUT2D eigenvalue weighted by Crippen LogP contribution is -2.15. The molecule has 0 amide bonds. The van der Waals surface area contributed by atoms with Crippen molar-refractivity contribution in [1.29, 1.82) is 0 Å². The Labute approximate surface area is 195 Å². The van der Waals surface area contributed by atoms with E-state index in [1.807, 2.05) is 72.0 Å². The van der Waals surface area contributed by atoms with Crippen molar-refractivity contribution >= 4 is 28.9 Å². The molecule has 0 aliphatic heterocycles. The van der Waals surface area contributed by atoms with Gasteiger partial charge in [-0.1, -0.05) is 0 Å². The third kappa shape index (κ3) is 4.31. The van der Waals surface area contributed by atoms with E-state index in [0.717, 1.165) is 64.6 Å². The standard InChI is InChI=1S/C23H26N8OS/c1-15(18-6-9-21-26-20(24-2)14-31(21)29-18)23-28-27-22-8-4-16(13-30(22)23)19-7-5-17(32-19)12-25-10-11-33-3/h4-9,13-15,24-25H,10-12H2,1-3H3. The first-order valence-corrected chi connectivity index (χ1v) is 12.2. The molecule has 0 aliphatic carbocycles. The molecule has 1 unspecified atom stereocenters. The highest BCUT2D eigenvalue weighted by atomic mass is 32.2. The molecule has 0 aromatic carbocycles. The average molecular weight is 463 g/mol. The van der Waals surface area contributed by atoms with E-state index in [1.54, 1.807) is 4.52 Å². The number of imidazole rings is 1. The largest absolute Gasteiger partial charge is 0.460 e. The molecule has 5 rings (SSSR count). The van der Waals surface area contributed by atoms with E-state index in [0.29, 0.717) is 0 Å². The molecule has 5 aromatic rings. The van der Waals surface area contributed by atoms with Crippen LogP contribution in [0.2, 0.25) is 0 Å². The van der Waals surface area contributed by atoms with Crippen LogP contribution >= 0.6 is 11.8 Å². The molecule has 0 spiro atoms. The van der Waals surface area contributed by atoms with E-state index >= 15 is 0 Å². The van der Waals surface area contributed by atoms with Crippen molar-refractivity contribution in [1.82, 2.24) is 34.5 Å². The monoisotopic (exact) mass is 462 g/mol. The van der Waals surface area contributed by atoms with Gasteiger partial charge in [0.25, 0.3) is 0 Å². The highest BCUT2D eigenvalue weighted by Crippen LogP contribution is 2.26. The molecule has 0 bridgehead atoms. The first kappa shape index (κ1) is 21.5. The van der Waals surface area contributed by atoms with Gasteiger partial charge in [-0.15, -0.1) is 10.2 Å². The summed E-state index contributed by atoms with van der Waals surface area (Å²) < 4.78 is 9.86. The Balaban J connectivity index is 1.42. The van der Waals surface area contributed by atoms with E-state index < -0.39 is 0 Å². The second kappa shape index (κ2) is 9.24. The molecule has 33 heavy (non-hydrogen) atoms. The van der Waals surface area contributed by atoms with Gasteiger partial charge in [0.15, 0.2) is 11.3 Å². The SMILES string of the molecule is CNc1cn2nc(C(C)c3nnc4ccc(-c5ccc(CNCCSC)o5)cn34)ccc2n1. The number of hydrogen-bond donors (Lipinski definition) is 2. The Bertz CT molecular complexity index is 1390. The molecule has 0 saturated heterocycles. The van der Waals surface area contributed by atoms with Gasteiger partial charge in [0, 0.05) is 31.1 Å². The number of nitrogens with zero attached hydrogens (tertiary/aromatic N) is 6. The number of aromatic nitrogens is 6. The minimum Gasteiger partial charge on any atom is -0.460 e. The zero-order valence-corrected chi connectivity index (χ0v) is 19.6. The van der Waals surface area contributed by atoms with Crippen LogP contribution in [0, 0.1) is 0 Å². The third-order valence-corrected chi connectivity index (χ3v) is 6.20. The molecular formula is C23H26N8OS. The molecule has 2 N–H and O–H groups in total. The summed E-state index contributed by atoms with van der Waals surface area (Å²) in [5, 5.41) is 20.0. The van der Waals surface area contributed by atoms with Crippen LogP contribution in [0.5, 0.6) is 0 Å². The Morgan fingerprint density at radius 2 is 1.94 bits per heavy atom. The lowest BCUT2D eigenvalue weighted by atomic mass is 10.1. The maximum absolute atomic E-state index is 6.07. The molecule has 5 heterocycles. The van der Waals surface area contributed by atoms with E-state index in [9.17, 15) is 0 Å². The Kier molecular flexibility index (Phi) is 6.01. The number of nitrogens with one attached hydrogen (secondary N) is 2. The number of anilines is 1. The second-order valence-corrected chi connectivity index (χ2v) is 8.78. The van der Waals surface area contributed by atoms with Crippen LogP contribution in [0.4, 0.5) is 5.82 Å². The summed E-state index contributed by atoms with van der Waals surface area (Å²) >= 11 is 1.83. The maximum Gasteiger partial charge on any atom is 0.160 e. The van der Waals surface area contributed by atoms with Crippen molar-refractivity contribution in [3.8, 4) is 11.3 Å². The zero-order chi connectivity index (χ0) is 22.8. The number of thioether (sulfide) groups is 1. The van der Waals surface area contributed by atoms with Crippen LogP contribution in [0.1, 0.15) is 30.1 Å². The van der Waals surface area contributed by atoms with Crippen molar-refractivity contribution in [2.75, 3.05) is 30.9 Å². The molecule has 9 nitrogen and oxygen atoms in total. The summed E-state index contributed by atoms with van der Waals surface area (Å²) in [6.07, 6.45) is 6.00. The fraction of sp³-hybridized carbons (Fsp3) is 0.304. The smallest absolute Gasteiger partial charge is 0.160 e. The minimum atomic E-state index is -0.0621. The predicted molar refractivity (Wildman–Crippen MR) is 131 cm³/mol. The summed E-state index contributed by atoms with van der Waals surface area (Å²) in [5.74, 6) is 4.36. The van der Waals surface area contributed by atoms with E-state index in [1.165, 1.54) is 0 Å². The van der Waals surface area contributed by atoms with Crippen LogP contribution < -0.4 is 10.6 Å². The minimum absolute atomic E-state index is 0.0621. The highest BCUT2D eigenvalue weighted by Gasteiger charge is 2.19. The zero-order valence-electron chi connectivity index (χ0n) is 18.8. The third-order valence-electron chi connectivity index (χ3n) is 5.58. The number of furan rings is 1. The molecule has 0 aliphatic rings. The first-order chi connectivity index (χ1) is 16.2. The van der Waals surface area contributed by atoms with Crippen molar-refractivity contribution in [2.24, 2.45) is 0 Å². The molecular weight excluding hydrogens is 436 g/mol. The quantitative estimate of drug-likeness (QED) is 0.320. The molecule has 0 saturated carbocycles. The summed E-state index contributed by atoms with van der Waals surface area (Å²) in [4.78, 5) is 4.46. The van der Waals surface area contributed by atoms with E-state index in [-0.39, 0.29) is 5.92 Å². The van der Waals surface area contributed by atoms with Gasteiger partial charge in [0.1, 0.15) is 23.2 Å². The van der Waals surface area contributed by atoms with Crippen LogP contribution in [0.25, 0.3) is 22.6 Å². The van der Waals surface area contributed by atoms with Gasteiger partial charge in [-0.05, 0) is 49.6 Å². The topological polar surface area (TPSA) is 97.6 Å². The van der Waals surface area contributed by atoms with Gasteiger partial charge >= 0.3 is 0 Å². The van der Waals surface area contributed by atoms with Gasteiger partial charge in [-0.25, -0.2) is 9.50 Å². The Morgan fingerprint density at radius 3 is 2.79 bits per heavy atom. The maximum atomic E-state index is 6.07. The fourth-order valence-electron chi connectivity index (χ4n) is 3.74. The van der Waals surface area contributed by atoms with Gasteiger partial charge in [-0.3, -0.25) is 4.40 Å². The summed E-state index contributed by atoms with van der Waals surface area (Å²) in [5.41, 5.74) is 3.44. The van der Waals surface area contributed by atoms with Crippen LogP contribution in [-0.2, 0) is 6.54 Å². The summed E-state index contributed by atoms with van der Waals surface area (Å²) in [6.45, 7) is 3.76. The van der Waals surface area contributed by atoms with Crippen molar-refractivity contribution < 1.29 is 4.42 Å². The lowest BCUT2D eigenvalue weighted by molar-refractivity contribution is 0.499. The molecule has 5 aromatic heterocycles. The number of hydrogen-bond acceptors (Lipinski definition) is 8. The van der Waals surface area contributed by atoms with E-state index in [4.69, 9.17) is 9.52 Å². The normalized spacial score (nSPS) is 12.6. The summed E-state index contributed by atoms with van der Waals surface area (Å²) in [6, 6.07) is 12.0.